The van der Waals surface area contributed by atoms with Crippen molar-refractivity contribution in [3.63, 3.8) is 0 Å². The molecule has 2 aliphatic rings. The summed E-state index contributed by atoms with van der Waals surface area (Å²) in [7, 11) is 0. The second-order valence-corrected chi connectivity index (χ2v) is 8.29. The summed E-state index contributed by atoms with van der Waals surface area (Å²) < 4.78 is 0. The minimum atomic E-state index is -0.522. The molecule has 2 fully saturated rings. The molecule has 2 unspecified atom stereocenters. The maximum Gasteiger partial charge on any atom is 0.0591 e. The molecule has 2 saturated carbocycles. The van der Waals surface area contributed by atoms with Crippen LogP contribution in [0.4, 0.5) is 0 Å². The van der Waals surface area contributed by atoms with Crippen LogP contribution < -0.4 is 0 Å². The maximum atomic E-state index is 10.2. The van der Waals surface area contributed by atoms with Crippen LogP contribution >= 0.6 is 0 Å². The SMILES string of the molecule is CC1CCC(O)[C@H]2CC[C@H]([C@H](C)CCCC(C)(C)O)[C@@H]12. The van der Waals surface area contributed by atoms with Gasteiger partial charge >= 0.3 is 0 Å². The van der Waals surface area contributed by atoms with E-state index >= 15 is 0 Å². The minimum Gasteiger partial charge on any atom is -0.393 e. The molecule has 2 heteroatoms. The van der Waals surface area contributed by atoms with Gasteiger partial charge in [-0.1, -0.05) is 26.7 Å². The molecule has 20 heavy (non-hydrogen) atoms. The highest BCUT2D eigenvalue weighted by molar-refractivity contribution is 4.96. The summed E-state index contributed by atoms with van der Waals surface area (Å²) in [6, 6.07) is 0. The van der Waals surface area contributed by atoms with Crippen LogP contribution in [-0.4, -0.2) is 21.9 Å². The van der Waals surface area contributed by atoms with Gasteiger partial charge in [-0.3, -0.25) is 0 Å². The number of aliphatic hydroxyl groups excluding tert-OH is 1. The molecule has 118 valence electrons. The van der Waals surface area contributed by atoms with Crippen LogP contribution in [0.15, 0.2) is 0 Å². The number of rotatable bonds is 5. The number of fused-ring (bicyclic) bond motifs is 1. The minimum absolute atomic E-state index is 0.0372. The summed E-state index contributed by atoms with van der Waals surface area (Å²) >= 11 is 0. The van der Waals surface area contributed by atoms with Crippen molar-refractivity contribution < 1.29 is 10.2 Å². The van der Waals surface area contributed by atoms with E-state index in [0.717, 1.165) is 42.9 Å². The lowest BCUT2D eigenvalue weighted by Crippen LogP contribution is -2.37. The summed E-state index contributed by atoms with van der Waals surface area (Å²) in [6.07, 6.45) is 7.96. The molecule has 0 aromatic carbocycles. The van der Waals surface area contributed by atoms with Gasteiger partial charge in [0.1, 0.15) is 0 Å². The molecule has 0 radical (unpaired) electrons. The first-order chi connectivity index (χ1) is 9.29. The molecule has 0 heterocycles. The van der Waals surface area contributed by atoms with Crippen LogP contribution in [0.25, 0.3) is 0 Å². The molecule has 2 N–H and O–H groups in total. The van der Waals surface area contributed by atoms with Gasteiger partial charge in [-0.25, -0.2) is 0 Å². The van der Waals surface area contributed by atoms with Crippen molar-refractivity contribution >= 4 is 0 Å². The Labute approximate surface area is 125 Å². The Morgan fingerprint density at radius 3 is 2.50 bits per heavy atom. The Hall–Kier alpha value is -0.0800. The fraction of sp³-hybridized carbons (Fsp3) is 1.00. The largest absolute Gasteiger partial charge is 0.393 e. The van der Waals surface area contributed by atoms with E-state index < -0.39 is 5.60 Å². The molecular weight excluding hydrogens is 248 g/mol. The summed E-state index contributed by atoms with van der Waals surface area (Å²) in [5, 5.41) is 20.1. The Bertz CT molecular complexity index is 307. The van der Waals surface area contributed by atoms with E-state index in [1.54, 1.807) is 0 Å². The first kappa shape index (κ1) is 16.3. The van der Waals surface area contributed by atoms with E-state index in [4.69, 9.17) is 0 Å². The van der Waals surface area contributed by atoms with Crippen LogP contribution in [0.3, 0.4) is 0 Å². The molecule has 0 aliphatic heterocycles. The summed E-state index contributed by atoms with van der Waals surface area (Å²) in [5.41, 5.74) is -0.522. The van der Waals surface area contributed by atoms with Gasteiger partial charge < -0.3 is 10.2 Å². The van der Waals surface area contributed by atoms with Crippen molar-refractivity contribution in [2.45, 2.75) is 84.3 Å². The number of hydrogen-bond acceptors (Lipinski definition) is 2. The van der Waals surface area contributed by atoms with Gasteiger partial charge in [0.15, 0.2) is 0 Å². The van der Waals surface area contributed by atoms with Crippen molar-refractivity contribution in [2.75, 3.05) is 0 Å². The first-order valence-electron chi connectivity index (χ1n) is 8.70. The van der Waals surface area contributed by atoms with Gasteiger partial charge in [0.05, 0.1) is 11.7 Å². The van der Waals surface area contributed by atoms with Gasteiger partial charge in [-0.2, -0.15) is 0 Å². The van der Waals surface area contributed by atoms with Crippen LogP contribution in [0, 0.1) is 29.6 Å². The summed E-state index contributed by atoms with van der Waals surface area (Å²) in [4.78, 5) is 0. The third kappa shape index (κ3) is 3.76. The molecule has 6 atom stereocenters. The second kappa shape index (κ2) is 6.36. The fourth-order valence-electron chi connectivity index (χ4n) is 4.95. The van der Waals surface area contributed by atoms with Gasteiger partial charge in [0.25, 0.3) is 0 Å². The lowest BCUT2D eigenvalue weighted by molar-refractivity contribution is 0.00182. The normalized spacial score (nSPS) is 39.6. The van der Waals surface area contributed by atoms with Crippen LogP contribution in [0.5, 0.6) is 0 Å². The Morgan fingerprint density at radius 1 is 1.15 bits per heavy atom. The molecule has 2 rings (SSSR count). The van der Waals surface area contributed by atoms with E-state index in [1.165, 1.54) is 25.7 Å². The Morgan fingerprint density at radius 2 is 1.85 bits per heavy atom. The van der Waals surface area contributed by atoms with E-state index in [9.17, 15) is 10.2 Å². The first-order valence-corrected chi connectivity index (χ1v) is 8.70. The highest BCUT2D eigenvalue weighted by Crippen LogP contribution is 2.51. The predicted octanol–water partition coefficient (Wildman–Crippen LogP) is 4.00. The molecule has 2 nitrogen and oxygen atoms in total. The summed E-state index contributed by atoms with van der Waals surface area (Å²) in [6.45, 7) is 8.60. The highest BCUT2D eigenvalue weighted by atomic mass is 16.3. The molecule has 0 amide bonds. The van der Waals surface area contributed by atoms with E-state index in [0.29, 0.717) is 5.92 Å². The average molecular weight is 282 g/mol. The van der Waals surface area contributed by atoms with Gasteiger partial charge in [0, 0.05) is 0 Å². The quantitative estimate of drug-likeness (QED) is 0.800. The molecule has 2 aliphatic carbocycles. The Kier molecular flexibility index (Phi) is 5.18. The maximum absolute atomic E-state index is 10.2. The Balaban J connectivity index is 1.88. The van der Waals surface area contributed by atoms with Gasteiger partial charge in [0.2, 0.25) is 0 Å². The highest BCUT2D eigenvalue weighted by Gasteiger charge is 2.46. The van der Waals surface area contributed by atoms with Gasteiger partial charge in [-0.05, 0) is 75.5 Å². The average Bonchev–Trinajstić information content (AvgIpc) is 2.78. The van der Waals surface area contributed by atoms with Gasteiger partial charge in [-0.15, -0.1) is 0 Å². The third-order valence-corrected chi connectivity index (χ3v) is 6.07. The topological polar surface area (TPSA) is 40.5 Å². The molecule has 0 aromatic rings. The monoisotopic (exact) mass is 282 g/mol. The van der Waals surface area contributed by atoms with Crippen molar-refractivity contribution in [3.8, 4) is 0 Å². The molecule has 0 spiro atoms. The predicted molar refractivity (Wildman–Crippen MR) is 83.4 cm³/mol. The smallest absolute Gasteiger partial charge is 0.0591 e. The number of hydrogen-bond donors (Lipinski definition) is 2. The van der Waals surface area contributed by atoms with E-state index in [1.807, 2.05) is 13.8 Å². The van der Waals surface area contributed by atoms with Crippen molar-refractivity contribution in [1.29, 1.82) is 0 Å². The van der Waals surface area contributed by atoms with Crippen LogP contribution in [0.1, 0.15) is 72.6 Å². The molecule has 0 saturated heterocycles. The lowest BCUT2D eigenvalue weighted by atomic mass is 9.67. The standard InChI is InChI=1S/C18H34O2/c1-12(6-5-11-18(3,4)20)14-8-9-15-16(19)10-7-13(2)17(14)15/h12-17,19-20H,5-11H2,1-4H3/t12-,13?,14-,15-,16?,17-/m1/s1. The molecule has 0 aromatic heterocycles. The lowest BCUT2D eigenvalue weighted by Gasteiger charge is -2.40. The number of aliphatic hydroxyl groups is 2. The molecule has 0 bridgehead atoms. The van der Waals surface area contributed by atoms with E-state index in [2.05, 4.69) is 13.8 Å². The van der Waals surface area contributed by atoms with Crippen molar-refractivity contribution in [2.24, 2.45) is 29.6 Å². The zero-order valence-electron chi connectivity index (χ0n) is 13.8. The molecular formula is C18H34O2. The van der Waals surface area contributed by atoms with Crippen molar-refractivity contribution in [1.82, 2.24) is 0 Å². The fourth-order valence-corrected chi connectivity index (χ4v) is 4.95. The van der Waals surface area contributed by atoms with Crippen molar-refractivity contribution in [3.05, 3.63) is 0 Å². The van der Waals surface area contributed by atoms with Crippen LogP contribution in [0.2, 0.25) is 0 Å². The van der Waals surface area contributed by atoms with Crippen LogP contribution in [-0.2, 0) is 0 Å². The second-order valence-electron chi connectivity index (χ2n) is 8.29. The zero-order chi connectivity index (χ0) is 14.9. The third-order valence-electron chi connectivity index (χ3n) is 6.07. The summed E-state index contributed by atoms with van der Waals surface area (Å²) in [5.74, 6) is 3.64. The van der Waals surface area contributed by atoms with E-state index in [-0.39, 0.29) is 6.10 Å². The zero-order valence-corrected chi connectivity index (χ0v) is 13.8.